The fourth-order valence-corrected chi connectivity index (χ4v) is 1.73. The van der Waals surface area contributed by atoms with Gasteiger partial charge in [-0.1, -0.05) is 12.1 Å². The predicted molar refractivity (Wildman–Crippen MR) is 65.7 cm³/mol. The van der Waals surface area contributed by atoms with E-state index in [0.29, 0.717) is 11.3 Å². The largest absolute Gasteiger partial charge is 0.398 e. The molecule has 0 aliphatic rings. The van der Waals surface area contributed by atoms with Crippen LogP contribution < -0.4 is 5.73 Å². The lowest BCUT2D eigenvalue weighted by Gasteiger charge is -2.09. The van der Waals surface area contributed by atoms with Crippen LogP contribution in [0.15, 0.2) is 30.3 Å². The number of halogens is 2. The summed E-state index contributed by atoms with van der Waals surface area (Å²) >= 11 is 0. The van der Waals surface area contributed by atoms with Gasteiger partial charge in [-0.3, -0.25) is 0 Å². The van der Waals surface area contributed by atoms with Gasteiger partial charge in [0.15, 0.2) is 11.6 Å². The molecule has 2 N–H and O–H groups in total. The van der Waals surface area contributed by atoms with Crippen LogP contribution in [0.3, 0.4) is 0 Å². The Bertz CT molecular complexity index is 553. The Morgan fingerprint density at radius 1 is 0.882 bits per heavy atom. The van der Waals surface area contributed by atoms with Gasteiger partial charge in [0.1, 0.15) is 0 Å². The van der Waals surface area contributed by atoms with E-state index < -0.39 is 11.6 Å². The SMILES string of the molecule is Cc1cc(-c2ccc(F)c(F)c2)cc(N)c1C. The number of benzene rings is 2. The molecule has 2 rings (SSSR count). The van der Waals surface area contributed by atoms with Crippen LogP contribution in [0.1, 0.15) is 11.1 Å². The maximum atomic E-state index is 13.1. The van der Waals surface area contributed by atoms with Gasteiger partial charge < -0.3 is 5.73 Å². The van der Waals surface area contributed by atoms with E-state index in [9.17, 15) is 8.78 Å². The molecule has 0 aliphatic carbocycles. The van der Waals surface area contributed by atoms with E-state index >= 15 is 0 Å². The summed E-state index contributed by atoms with van der Waals surface area (Å²) in [4.78, 5) is 0. The van der Waals surface area contributed by atoms with Crippen LogP contribution in [0.2, 0.25) is 0 Å². The molecule has 1 nitrogen and oxygen atoms in total. The molecule has 0 spiro atoms. The molecule has 0 fully saturated rings. The van der Waals surface area contributed by atoms with Crippen LogP contribution in [0, 0.1) is 25.5 Å². The van der Waals surface area contributed by atoms with Crippen LogP contribution >= 0.6 is 0 Å². The average molecular weight is 233 g/mol. The maximum Gasteiger partial charge on any atom is 0.159 e. The fraction of sp³-hybridized carbons (Fsp3) is 0.143. The lowest BCUT2D eigenvalue weighted by molar-refractivity contribution is 0.509. The smallest absolute Gasteiger partial charge is 0.159 e. The van der Waals surface area contributed by atoms with Crippen LogP contribution in [0.5, 0.6) is 0 Å². The molecule has 0 aromatic heterocycles. The molecule has 17 heavy (non-hydrogen) atoms. The first kappa shape index (κ1) is 11.6. The summed E-state index contributed by atoms with van der Waals surface area (Å²) < 4.78 is 26.0. The van der Waals surface area contributed by atoms with Gasteiger partial charge in [-0.05, 0) is 54.3 Å². The molecule has 0 unspecified atom stereocenters. The van der Waals surface area contributed by atoms with Crippen molar-refractivity contribution in [1.82, 2.24) is 0 Å². The van der Waals surface area contributed by atoms with Crippen molar-refractivity contribution in [2.45, 2.75) is 13.8 Å². The maximum absolute atomic E-state index is 13.1. The monoisotopic (exact) mass is 233 g/mol. The molecule has 0 saturated heterocycles. The molecule has 3 heteroatoms. The number of nitrogen functional groups attached to an aromatic ring is 1. The lowest BCUT2D eigenvalue weighted by Crippen LogP contribution is -1.94. The number of hydrogen-bond acceptors (Lipinski definition) is 1. The first-order valence-corrected chi connectivity index (χ1v) is 5.31. The molecule has 88 valence electrons. The second-order valence-electron chi connectivity index (χ2n) is 4.14. The molecule has 2 aromatic carbocycles. The first-order valence-electron chi connectivity index (χ1n) is 5.31. The van der Waals surface area contributed by atoms with Crippen LogP contribution in [0.25, 0.3) is 11.1 Å². The Balaban J connectivity index is 2.57. The molecule has 0 radical (unpaired) electrons. The van der Waals surface area contributed by atoms with Gasteiger partial charge in [0.25, 0.3) is 0 Å². The highest BCUT2D eigenvalue weighted by Crippen LogP contribution is 2.27. The molecule has 0 aliphatic heterocycles. The second-order valence-corrected chi connectivity index (χ2v) is 4.14. The zero-order valence-electron chi connectivity index (χ0n) is 9.72. The molecule has 0 atom stereocenters. The van der Waals surface area contributed by atoms with Crippen LogP contribution in [-0.2, 0) is 0 Å². The third-order valence-corrected chi connectivity index (χ3v) is 2.96. The van der Waals surface area contributed by atoms with Crippen molar-refractivity contribution in [3.05, 3.63) is 53.1 Å². The molecule has 0 amide bonds. The fourth-order valence-electron chi connectivity index (χ4n) is 1.73. The topological polar surface area (TPSA) is 26.0 Å². The van der Waals surface area contributed by atoms with Gasteiger partial charge in [0, 0.05) is 5.69 Å². The first-order chi connectivity index (χ1) is 7.99. The van der Waals surface area contributed by atoms with Crippen LogP contribution in [0.4, 0.5) is 14.5 Å². The average Bonchev–Trinajstić information content (AvgIpc) is 2.29. The molecule has 2 aromatic rings. The number of nitrogens with two attached hydrogens (primary N) is 1. The quantitative estimate of drug-likeness (QED) is 0.744. The Kier molecular flexibility index (Phi) is 2.84. The van der Waals surface area contributed by atoms with Gasteiger partial charge in [-0.2, -0.15) is 0 Å². The molecule has 0 bridgehead atoms. The number of anilines is 1. The Hall–Kier alpha value is -1.90. The van der Waals surface area contributed by atoms with Crippen molar-refractivity contribution >= 4 is 5.69 Å². The van der Waals surface area contributed by atoms with Gasteiger partial charge in [-0.25, -0.2) is 8.78 Å². The molecule has 0 saturated carbocycles. The van der Waals surface area contributed by atoms with E-state index in [1.54, 1.807) is 12.1 Å². The van der Waals surface area contributed by atoms with Crippen molar-refractivity contribution in [2.75, 3.05) is 5.73 Å². The van der Waals surface area contributed by atoms with E-state index in [-0.39, 0.29) is 0 Å². The standard InChI is InChI=1S/C14H13F2N/c1-8-5-11(7-14(17)9(8)2)10-3-4-12(15)13(16)6-10/h3-7H,17H2,1-2H3. The number of rotatable bonds is 1. The van der Waals surface area contributed by atoms with E-state index in [1.807, 2.05) is 19.9 Å². The van der Waals surface area contributed by atoms with Gasteiger partial charge >= 0.3 is 0 Å². The molecule has 0 heterocycles. The van der Waals surface area contributed by atoms with E-state index in [1.165, 1.54) is 6.07 Å². The summed E-state index contributed by atoms with van der Waals surface area (Å²) in [6.07, 6.45) is 0. The van der Waals surface area contributed by atoms with E-state index in [2.05, 4.69) is 0 Å². The number of aryl methyl sites for hydroxylation is 1. The summed E-state index contributed by atoms with van der Waals surface area (Å²) in [6, 6.07) is 7.53. The highest BCUT2D eigenvalue weighted by atomic mass is 19.2. The number of hydrogen-bond donors (Lipinski definition) is 1. The Morgan fingerprint density at radius 2 is 1.59 bits per heavy atom. The molecular weight excluding hydrogens is 220 g/mol. The summed E-state index contributed by atoms with van der Waals surface area (Å²) in [5.74, 6) is -1.69. The summed E-state index contributed by atoms with van der Waals surface area (Å²) in [7, 11) is 0. The highest BCUT2D eigenvalue weighted by molar-refractivity contribution is 5.70. The Morgan fingerprint density at radius 3 is 2.18 bits per heavy atom. The summed E-state index contributed by atoms with van der Waals surface area (Å²) in [5.41, 5.74) is 9.98. The summed E-state index contributed by atoms with van der Waals surface area (Å²) in [5, 5.41) is 0. The van der Waals surface area contributed by atoms with Crippen molar-refractivity contribution in [3.8, 4) is 11.1 Å². The highest BCUT2D eigenvalue weighted by Gasteiger charge is 2.07. The van der Waals surface area contributed by atoms with Crippen molar-refractivity contribution in [3.63, 3.8) is 0 Å². The normalized spacial score (nSPS) is 10.6. The van der Waals surface area contributed by atoms with E-state index in [0.717, 1.165) is 22.8 Å². The van der Waals surface area contributed by atoms with Gasteiger partial charge in [-0.15, -0.1) is 0 Å². The molecular formula is C14H13F2N. The van der Waals surface area contributed by atoms with Crippen molar-refractivity contribution < 1.29 is 8.78 Å². The van der Waals surface area contributed by atoms with Crippen molar-refractivity contribution in [2.24, 2.45) is 0 Å². The second kappa shape index (κ2) is 4.17. The summed E-state index contributed by atoms with van der Waals surface area (Å²) in [6.45, 7) is 3.87. The predicted octanol–water partition coefficient (Wildman–Crippen LogP) is 3.83. The van der Waals surface area contributed by atoms with Crippen molar-refractivity contribution in [1.29, 1.82) is 0 Å². The minimum atomic E-state index is -0.848. The van der Waals surface area contributed by atoms with E-state index in [4.69, 9.17) is 5.73 Å². The zero-order chi connectivity index (χ0) is 12.6. The minimum absolute atomic E-state index is 0.624. The third-order valence-electron chi connectivity index (χ3n) is 2.96. The minimum Gasteiger partial charge on any atom is -0.398 e. The Labute approximate surface area is 98.9 Å². The lowest BCUT2D eigenvalue weighted by atomic mass is 9.99. The third kappa shape index (κ3) is 2.13. The zero-order valence-corrected chi connectivity index (χ0v) is 9.72. The van der Waals surface area contributed by atoms with Crippen LogP contribution in [-0.4, -0.2) is 0 Å². The van der Waals surface area contributed by atoms with Gasteiger partial charge in [0.2, 0.25) is 0 Å². The van der Waals surface area contributed by atoms with Gasteiger partial charge in [0.05, 0.1) is 0 Å².